The lowest BCUT2D eigenvalue weighted by Crippen LogP contribution is -2.17. The maximum atomic E-state index is 5.46. The van der Waals surface area contributed by atoms with Gasteiger partial charge in [0.25, 0.3) is 0 Å². The fraction of sp³-hybridized carbons (Fsp3) is 0.214. The predicted molar refractivity (Wildman–Crippen MR) is 70.7 cm³/mol. The van der Waals surface area contributed by atoms with Crippen LogP contribution in [0.25, 0.3) is 11.3 Å². The molecule has 1 aliphatic heterocycles. The molecule has 1 saturated heterocycles. The van der Waals surface area contributed by atoms with E-state index in [2.05, 4.69) is 45.2 Å². The van der Waals surface area contributed by atoms with Crippen LogP contribution in [0.2, 0.25) is 0 Å². The van der Waals surface area contributed by atoms with E-state index in [1.54, 1.807) is 0 Å². The Kier molecular flexibility index (Phi) is 2.95. The molecule has 17 heavy (non-hydrogen) atoms. The maximum absolute atomic E-state index is 5.46. The molecule has 1 atom stereocenters. The molecule has 0 saturated carbocycles. The Hall–Kier alpha value is -1.19. The molecule has 0 aliphatic carbocycles. The van der Waals surface area contributed by atoms with Gasteiger partial charge < -0.3 is 4.74 Å². The molecule has 0 amide bonds. The fourth-order valence-corrected chi connectivity index (χ4v) is 2.15. The summed E-state index contributed by atoms with van der Waals surface area (Å²) in [6.45, 7) is 0.890. The Morgan fingerprint density at radius 2 is 1.88 bits per heavy atom. The van der Waals surface area contributed by atoms with Crippen LogP contribution in [0.15, 0.2) is 47.1 Å². The third-order valence-electron chi connectivity index (χ3n) is 3.00. The smallest absolute Gasteiger partial charge is 0.0846 e. The van der Waals surface area contributed by atoms with Crippen molar-refractivity contribution in [1.29, 1.82) is 0 Å². The number of benzene rings is 1. The molecule has 2 heterocycles. The highest BCUT2D eigenvalue weighted by molar-refractivity contribution is 9.10. The summed E-state index contributed by atoms with van der Waals surface area (Å²) < 4.78 is 6.46. The van der Waals surface area contributed by atoms with Crippen molar-refractivity contribution in [2.75, 3.05) is 6.61 Å². The molecule has 1 aromatic carbocycles. The van der Waals surface area contributed by atoms with E-state index in [1.807, 2.05) is 18.3 Å². The fourth-order valence-electron chi connectivity index (χ4n) is 1.91. The minimum atomic E-state index is 0.307. The monoisotopic (exact) mass is 289 g/mol. The number of hydrogen-bond acceptors (Lipinski definition) is 2. The van der Waals surface area contributed by atoms with Crippen molar-refractivity contribution in [2.24, 2.45) is 0 Å². The van der Waals surface area contributed by atoms with Crippen LogP contribution >= 0.6 is 15.9 Å². The van der Waals surface area contributed by atoms with Crippen molar-refractivity contribution >= 4 is 15.9 Å². The van der Waals surface area contributed by atoms with Crippen LogP contribution in [0.1, 0.15) is 18.1 Å². The van der Waals surface area contributed by atoms with Gasteiger partial charge in [-0.1, -0.05) is 24.3 Å². The van der Waals surface area contributed by atoms with Gasteiger partial charge in [-0.05, 0) is 33.6 Å². The topological polar surface area (TPSA) is 22.1 Å². The van der Waals surface area contributed by atoms with Crippen LogP contribution in [0.5, 0.6) is 0 Å². The van der Waals surface area contributed by atoms with Crippen LogP contribution in [-0.4, -0.2) is 11.6 Å². The molecule has 1 fully saturated rings. The van der Waals surface area contributed by atoms with Gasteiger partial charge in [-0.25, -0.2) is 0 Å². The van der Waals surface area contributed by atoms with Gasteiger partial charge >= 0.3 is 0 Å². The number of rotatable bonds is 2. The zero-order valence-corrected chi connectivity index (χ0v) is 10.9. The van der Waals surface area contributed by atoms with Crippen LogP contribution in [-0.2, 0) is 4.74 Å². The minimum Gasteiger partial charge on any atom is -0.373 e. The number of aromatic nitrogens is 1. The van der Waals surface area contributed by atoms with E-state index in [1.165, 1.54) is 5.56 Å². The Bertz CT molecular complexity index is 503. The molecule has 3 heteroatoms. The van der Waals surface area contributed by atoms with E-state index in [4.69, 9.17) is 4.74 Å². The quantitative estimate of drug-likeness (QED) is 0.834. The molecule has 1 aliphatic rings. The third-order valence-corrected chi connectivity index (χ3v) is 3.47. The first-order valence-corrected chi connectivity index (χ1v) is 6.46. The second-order valence-corrected chi connectivity index (χ2v) is 5.05. The molecule has 0 radical (unpaired) electrons. The highest BCUT2D eigenvalue weighted by Crippen LogP contribution is 2.30. The normalized spacial score (nSPS) is 18.8. The third kappa shape index (κ3) is 2.26. The van der Waals surface area contributed by atoms with Gasteiger partial charge in [-0.15, -0.1) is 0 Å². The largest absolute Gasteiger partial charge is 0.373 e. The summed E-state index contributed by atoms with van der Waals surface area (Å²) in [7, 11) is 0. The second kappa shape index (κ2) is 4.59. The van der Waals surface area contributed by atoms with E-state index in [-0.39, 0.29) is 0 Å². The molecule has 0 spiro atoms. The van der Waals surface area contributed by atoms with Gasteiger partial charge in [0.2, 0.25) is 0 Å². The number of pyridine rings is 1. The Labute approximate surface area is 109 Å². The van der Waals surface area contributed by atoms with Crippen LogP contribution < -0.4 is 0 Å². The van der Waals surface area contributed by atoms with Gasteiger partial charge in [-0.3, -0.25) is 4.98 Å². The number of ether oxygens (including phenoxy) is 1. The van der Waals surface area contributed by atoms with Crippen molar-refractivity contribution in [3.05, 3.63) is 52.6 Å². The van der Waals surface area contributed by atoms with Gasteiger partial charge in [-0.2, -0.15) is 0 Å². The van der Waals surface area contributed by atoms with Gasteiger partial charge in [0.05, 0.1) is 18.4 Å². The first-order valence-electron chi connectivity index (χ1n) is 5.66. The lowest BCUT2D eigenvalue weighted by atomic mass is 10.0. The van der Waals surface area contributed by atoms with Crippen molar-refractivity contribution < 1.29 is 4.74 Å². The Morgan fingerprint density at radius 1 is 1.12 bits per heavy atom. The summed E-state index contributed by atoms with van der Waals surface area (Å²) >= 11 is 3.39. The average Bonchev–Trinajstić information content (AvgIpc) is 2.29. The van der Waals surface area contributed by atoms with E-state index in [9.17, 15) is 0 Å². The highest BCUT2D eigenvalue weighted by Gasteiger charge is 2.19. The molecule has 3 rings (SSSR count). The summed E-state index contributed by atoms with van der Waals surface area (Å²) in [5, 5.41) is 0. The molecule has 86 valence electrons. The van der Waals surface area contributed by atoms with Crippen molar-refractivity contribution in [3.8, 4) is 11.3 Å². The SMILES string of the molecule is Brc1ccc(-c2ccc(C3CCO3)cc2)nc1. The molecular weight excluding hydrogens is 278 g/mol. The van der Waals surface area contributed by atoms with E-state index < -0.39 is 0 Å². The summed E-state index contributed by atoms with van der Waals surface area (Å²) in [6.07, 6.45) is 3.26. The number of hydrogen-bond donors (Lipinski definition) is 0. The van der Waals surface area contributed by atoms with Crippen molar-refractivity contribution in [1.82, 2.24) is 4.98 Å². The summed E-state index contributed by atoms with van der Waals surface area (Å²) in [6, 6.07) is 12.5. The summed E-state index contributed by atoms with van der Waals surface area (Å²) in [5.74, 6) is 0. The molecule has 2 nitrogen and oxygen atoms in total. The first-order chi connectivity index (χ1) is 8.33. The summed E-state index contributed by atoms with van der Waals surface area (Å²) in [4.78, 5) is 4.38. The molecule has 1 aromatic heterocycles. The average molecular weight is 290 g/mol. The van der Waals surface area contributed by atoms with Crippen LogP contribution in [0, 0.1) is 0 Å². The highest BCUT2D eigenvalue weighted by atomic mass is 79.9. The molecule has 0 bridgehead atoms. The van der Waals surface area contributed by atoms with E-state index >= 15 is 0 Å². The number of nitrogens with zero attached hydrogens (tertiary/aromatic N) is 1. The van der Waals surface area contributed by atoms with Gasteiger partial charge in [0.1, 0.15) is 0 Å². The van der Waals surface area contributed by atoms with Gasteiger partial charge in [0.15, 0.2) is 0 Å². The molecular formula is C14H12BrNO. The minimum absolute atomic E-state index is 0.307. The molecule has 0 N–H and O–H groups in total. The van der Waals surface area contributed by atoms with Crippen LogP contribution in [0.4, 0.5) is 0 Å². The number of halogens is 1. The zero-order valence-electron chi connectivity index (χ0n) is 9.27. The van der Waals surface area contributed by atoms with Gasteiger partial charge in [0, 0.05) is 22.7 Å². The zero-order chi connectivity index (χ0) is 11.7. The Morgan fingerprint density at radius 3 is 2.41 bits per heavy atom. The van der Waals surface area contributed by atoms with E-state index in [0.717, 1.165) is 28.8 Å². The summed E-state index contributed by atoms with van der Waals surface area (Å²) in [5.41, 5.74) is 3.40. The second-order valence-electron chi connectivity index (χ2n) is 4.13. The lowest BCUT2D eigenvalue weighted by molar-refractivity contribution is -0.0527. The molecule has 1 unspecified atom stereocenters. The van der Waals surface area contributed by atoms with E-state index in [0.29, 0.717) is 6.10 Å². The maximum Gasteiger partial charge on any atom is 0.0846 e. The first kappa shape index (κ1) is 10.9. The standard InChI is InChI=1S/C14H12BrNO/c15-12-5-6-13(16-9-12)10-1-3-11(4-2-10)14-7-8-17-14/h1-6,9,14H,7-8H2. The molecule has 2 aromatic rings. The predicted octanol–water partition coefficient (Wildman–Crippen LogP) is 3.97. The lowest BCUT2D eigenvalue weighted by Gasteiger charge is -2.26. The van der Waals surface area contributed by atoms with Crippen LogP contribution in [0.3, 0.4) is 0 Å². The van der Waals surface area contributed by atoms with Crippen molar-refractivity contribution in [2.45, 2.75) is 12.5 Å². The Balaban J connectivity index is 1.86. The van der Waals surface area contributed by atoms with Crippen molar-refractivity contribution in [3.63, 3.8) is 0 Å².